The molecule has 1 aromatic heterocycles. The van der Waals surface area contributed by atoms with Crippen molar-refractivity contribution in [1.29, 1.82) is 0 Å². The van der Waals surface area contributed by atoms with Crippen LogP contribution < -0.4 is 5.43 Å². The highest BCUT2D eigenvalue weighted by Gasteiger charge is 2.42. The highest BCUT2D eigenvalue weighted by atomic mass is 35.5. The fourth-order valence-electron chi connectivity index (χ4n) is 4.10. The zero-order chi connectivity index (χ0) is 20.9. The number of aryl methyl sites for hydroxylation is 2. The first-order chi connectivity index (χ1) is 13.8. The van der Waals surface area contributed by atoms with Crippen LogP contribution in [-0.4, -0.2) is 17.4 Å². The molecule has 4 rings (SSSR count). The minimum absolute atomic E-state index is 0.125. The predicted octanol–water partition coefficient (Wildman–Crippen LogP) is 6.06. The van der Waals surface area contributed by atoms with Gasteiger partial charge in [-0.25, -0.2) is 0 Å². The molecule has 0 aliphatic carbocycles. The van der Waals surface area contributed by atoms with Crippen molar-refractivity contribution in [3.63, 3.8) is 0 Å². The van der Waals surface area contributed by atoms with Gasteiger partial charge in [0.1, 0.15) is 5.58 Å². The van der Waals surface area contributed by atoms with E-state index in [1.807, 2.05) is 26.0 Å². The number of unbranched alkanes of at least 4 members (excludes halogenated alkanes) is 1. The van der Waals surface area contributed by atoms with Gasteiger partial charge in [0.2, 0.25) is 5.76 Å². The van der Waals surface area contributed by atoms with Crippen LogP contribution in [0.2, 0.25) is 10.0 Å². The number of benzene rings is 2. The van der Waals surface area contributed by atoms with E-state index in [0.29, 0.717) is 33.1 Å². The standard InChI is InChI=1S/C23H21Cl2NO3/c1-4-5-8-26-20(14-6-7-15(24)16(25)11-14)19-21(27)18-13(3)9-12(2)10-17(18)29-22(19)23(26)28/h6-7,9-11,20H,4-5,8H2,1-3H3. The van der Waals surface area contributed by atoms with Gasteiger partial charge >= 0.3 is 0 Å². The van der Waals surface area contributed by atoms with E-state index in [2.05, 4.69) is 6.92 Å². The van der Waals surface area contributed by atoms with Crippen LogP contribution >= 0.6 is 23.2 Å². The Morgan fingerprint density at radius 3 is 2.52 bits per heavy atom. The molecule has 2 heterocycles. The topological polar surface area (TPSA) is 50.5 Å². The summed E-state index contributed by atoms with van der Waals surface area (Å²) in [5.74, 6) is -0.137. The molecule has 3 aromatic rings. The number of hydrogen-bond donors (Lipinski definition) is 0. The van der Waals surface area contributed by atoms with Crippen LogP contribution in [0.1, 0.15) is 58.6 Å². The third-order valence-corrected chi connectivity index (χ3v) is 6.16. The Bertz CT molecular complexity index is 1200. The second-order valence-electron chi connectivity index (χ2n) is 7.56. The molecule has 0 saturated carbocycles. The lowest BCUT2D eigenvalue weighted by molar-refractivity contribution is 0.0725. The van der Waals surface area contributed by atoms with Crippen molar-refractivity contribution in [2.24, 2.45) is 0 Å². The van der Waals surface area contributed by atoms with Crippen molar-refractivity contribution in [3.8, 4) is 0 Å². The summed E-state index contributed by atoms with van der Waals surface area (Å²) in [6.45, 7) is 6.41. The summed E-state index contributed by atoms with van der Waals surface area (Å²) in [7, 11) is 0. The van der Waals surface area contributed by atoms with E-state index in [4.69, 9.17) is 27.6 Å². The van der Waals surface area contributed by atoms with Gasteiger partial charge in [-0.3, -0.25) is 9.59 Å². The molecule has 1 amide bonds. The van der Waals surface area contributed by atoms with Gasteiger partial charge < -0.3 is 9.32 Å². The first-order valence-corrected chi connectivity index (χ1v) is 10.4. The molecule has 0 N–H and O–H groups in total. The highest BCUT2D eigenvalue weighted by molar-refractivity contribution is 6.42. The molecule has 6 heteroatoms. The summed E-state index contributed by atoms with van der Waals surface area (Å²) in [4.78, 5) is 28.5. The zero-order valence-electron chi connectivity index (χ0n) is 16.5. The van der Waals surface area contributed by atoms with Crippen LogP contribution in [0.15, 0.2) is 39.5 Å². The fraction of sp³-hybridized carbons (Fsp3) is 0.304. The fourth-order valence-corrected chi connectivity index (χ4v) is 4.41. The number of carbonyl (C=O) groups excluding carboxylic acids is 1. The Balaban J connectivity index is 2.01. The third-order valence-electron chi connectivity index (χ3n) is 5.42. The summed E-state index contributed by atoms with van der Waals surface area (Å²) >= 11 is 12.3. The highest BCUT2D eigenvalue weighted by Crippen LogP contribution is 2.40. The Hall–Kier alpha value is -2.30. The van der Waals surface area contributed by atoms with Gasteiger partial charge in [0.05, 0.1) is 27.0 Å². The summed E-state index contributed by atoms with van der Waals surface area (Å²) in [5.41, 5.74) is 3.23. The number of nitrogens with zero attached hydrogens (tertiary/aromatic N) is 1. The Kier molecular flexibility index (Phi) is 5.18. The molecule has 29 heavy (non-hydrogen) atoms. The molecule has 1 atom stereocenters. The zero-order valence-corrected chi connectivity index (χ0v) is 18.0. The van der Waals surface area contributed by atoms with E-state index in [9.17, 15) is 9.59 Å². The van der Waals surface area contributed by atoms with Crippen LogP contribution in [-0.2, 0) is 0 Å². The van der Waals surface area contributed by atoms with E-state index in [1.54, 1.807) is 23.1 Å². The van der Waals surface area contributed by atoms with Crippen LogP contribution in [0.5, 0.6) is 0 Å². The van der Waals surface area contributed by atoms with Gasteiger partial charge in [-0.15, -0.1) is 0 Å². The summed E-state index contributed by atoms with van der Waals surface area (Å²) < 4.78 is 6.02. The normalized spacial score (nSPS) is 16.0. The quantitative estimate of drug-likeness (QED) is 0.506. The number of fused-ring (bicyclic) bond motifs is 2. The first kappa shape index (κ1) is 20.0. The maximum atomic E-state index is 13.6. The lowest BCUT2D eigenvalue weighted by Gasteiger charge is -2.25. The van der Waals surface area contributed by atoms with Gasteiger partial charge in [0, 0.05) is 6.54 Å². The minimum atomic E-state index is -0.542. The van der Waals surface area contributed by atoms with Gasteiger partial charge in [-0.1, -0.05) is 48.7 Å². The Morgan fingerprint density at radius 1 is 1.07 bits per heavy atom. The maximum absolute atomic E-state index is 13.6. The summed E-state index contributed by atoms with van der Waals surface area (Å²) in [6.07, 6.45) is 1.75. The van der Waals surface area contributed by atoms with Crippen molar-refractivity contribution in [3.05, 3.63) is 78.6 Å². The molecule has 150 valence electrons. The predicted molar refractivity (Wildman–Crippen MR) is 116 cm³/mol. The number of hydrogen-bond acceptors (Lipinski definition) is 3. The van der Waals surface area contributed by atoms with Crippen molar-refractivity contribution >= 4 is 40.1 Å². The maximum Gasteiger partial charge on any atom is 0.290 e. The van der Waals surface area contributed by atoms with Gasteiger partial charge in [0.15, 0.2) is 5.43 Å². The Labute approximate surface area is 179 Å². The molecule has 0 bridgehead atoms. The Morgan fingerprint density at radius 2 is 1.83 bits per heavy atom. The number of carbonyl (C=O) groups is 1. The van der Waals surface area contributed by atoms with Gasteiger partial charge in [-0.05, 0) is 55.2 Å². The molecule has 1 aliphatic rings. The third kappa shape index (κ3) is 3.24. The molecule has 0 radical (unpaired) electrons. The average molecular weight is 430 g/mol. The van der Waals surface area contributed by atoms with Crippen LogP contribution in [0.25, 0.3) is 11.0 Å². The number of rotatable bonds is 4. The van der Waals surface area contributed by atoms with E-state index in [1.165, 1.54) is 0 Å². The molecular weight excluding hydrogens is 409 g/mol. The lowest BCUT2D eigenvalue weighted by atomic mass is 9.97. The van der Waals surface area contributed by atoms with Gasteiger partial charge in [-0.2, -0.15) is 0 Å². The largest absolute Gasteiger partial charge is 0.450 e. The van der Waals surface area contributed by atoms with Crippen molar-refractivity contribution in [2.45, 2.75) is 39.7 Å². The summed E-state index contributed by atoms with van der Waals surface area (Å²) in [6, 6.07) is 8.44. The average Bonchev–Trinajstić information content (AvgIpc) is 2.94. The monoisotopic (exact) mass is 429 g/mol. The SMILES string of the molecule is CCCCN1C(=O)c2oc3cc(C)cc(C)c3c(=O)c2C1c1ccc(Cl)c(Cl)c1. The first-order valence-electron chi connectivity index (χ1n) is 9.67. The van der Waals surface area contributed by atoms with E-state index < -0.39 is 6.04 Å². The molecule has 2 aromatic carbocycles. The molecule has 1 unspecified atom stereocenters. The molecular formula is C23H21Cl2NO3. The van der Waals surface area contributed by atoms with Crippen molar-refractivity contribution in [1.82, 2.24) is 4.90 Å². The van der Waals surface area contributed by atoms with E-state index >= 15 is 0 Å². The van der Waals surface area contributed by atoms with E-state index in [-0.39, 0.29) is 17.1 Å². The van der Waals surface area contributed by atoms with Crippen molar-refractivity contribution in [2.75, 3.05) is 6.54 Å². The van der Waals surface area contributed by atoms with Crippen LogP contribution in [0.3, 0.4) is 0 Å². The second-order valence-corrected chi connectivity index (χ2v) is 8.37. The van der Waals surface area contributed by atoms with Crippen LogP contribution in [0.4, 0.5) is 0 Å². The second kappa shape index (κ2) is 7.51. The molecule has 0 spiro atoms. The molecule has 1 aliphatic heterocycles. The number of halogens is 2. The summed E-state index contributed by atoms with van der Waals surface area (Å²) in [5, 5.41) is 1.33. The lowest BCUT2D eigenvalue weighted by Crippen LogP contribution is -2.30. The van der Waals surface area contributed by atoms with Crippen LogP contribution in [0, 0.1) is 13.8 Å². The molecule has 0 saturated heterocycles. The molecule has 4 nitrogen and oxygen atoms in total. The number of amides is 1. The van der Waals surface area contributed by atoms with Crippen molar-refractivity contribution < 1.29 is 9.21 Å². The smallest absolute Gasteiger partial charge is 0.290 e. The van der Waals surface area contributed by atoms with E-state index in [0.717, 1.165) is 29.5 Å². The van der Waals surface area contributed by atoms with Gasteiger partial charge in [0.25, 0.3) is 5.91 Å². The minimum Gasteiger partial charge on any atom is -0.450 e. The molecule has 0 fully saturated rings.